The molecule has 0 atom stereocenters. The smallest absolute Gasteiger partial charge is 0.230 e. The minimum atomic E-state index is 0.417. The van der Waals surface area contributed by atoms with Crippen LogP contribution in [0.1, 0.15) is 27.7 Å². The van der Waals surface area contributed by atoms with Gasteiger partial charge in [-0.2, -0.15) is 15.0 Å². The Morgan fingerprint density at radius 2 is 1.40 bits per heavy atom. The molecule has 0 unspecified atom stereocenters. The molecule has 0 fully saturated rings. The summed E-state index contributed by atoms with van der Waals surface area (Å²) in [6.45, 7) is 11.4. The number of benzene rings is 1. The summed E-state index contributed by atoms with van der Waals surface area (Å²) in [5.74, 6) is 3.75. The van der Waals surface area contributed by atoms with E-state index in [0.29, 0.717) is 52.3 Å². The number of oxazole rings is 1. The first kappa shape index (κ1) is 26.9. The van der Waals surface area contributed by atoms with Gasteiger partial charge < -0.3 is 23.1 Å². The summed E-state index contributed by atoms with van der Waals surface area (Å²) in [7, 11) is 0. The third-order valence-corrected chi connectivity index (χ3v) is 6.91. The van der Waals surface area contributed by atoms with Crippen LogP contribution in [0.25, 0.3) is 51.6 Å². The van der Waals surface area contributed by atoms with Crippen molar-refractivity contribution in [2.45, 2.75) is 27.7 Å². The van der Waals surface area contributed by atoms with Crippen molar-refractivity contribution in [1.29, 1.82) is 0 Å². The Hall–Kier alpha value is -5.26. The van der Waals surface area contributed by atoms with E-state index in [4.69, 9.17) is 33.2 Å². The number of furan rings is 2. The second-order valence-corrected chi connectivity index (χ2v) is 9.35. The van der Waals surface area contributed by atoms with Gasteiger partial charge in [0.05, 0.1) is 24.4 Å². The van der Waals surface area contributed by atoms with Gasteiger partial charge in [-0.25, -0.2) is 9.67 Å². The number of aromatic nitrogens is 7. The highest BCUT2D eigenvalue weighted by Gasteiger charge is 2.22. The van der Waals surface area contributed by atoms with E-state index in [0.717, 1.165) is 37.4 Å². The third-order valence-electron chi connectivity index (χ3n) is 6.91. The summed E-state index contributed by atoms with van der Waals surface area (Å²) in [4.78, 5) is 23.2. The average Bonchev–Trinajstić information content (AvgIpc) is 3.85. The van der Waals surface area contributed by atoms with E-state index < -0.39 is 0 Å². The summed E-state index contributed by atoms with van der Waals surface area (Å²) >= 11 is 0. The Labute approximate surface area is 242 Å². The van der Waals surface area contributed by atoms with Gasteiger partial charge in [-0.05, 0) is 70.2 Å². The number of hydrogen-bond donors (Lipinski definition) is 0. The minimum absolute atomic E-state index is 0.417. The molecule has 42 heavy (non-hydrogen) atoms. The first-order valence-electron chi connectivity index (χ1n) is 14.0. The predicted octanol–water partition coefficient (Wildman–Crippen LogP) is 5.99. The average molecular weight is 566 g/mol. The van der Waals surface area contributed by atoms with Crippen molar-refractivity contribution in [3.8, 4) is 51.6 Å². The first-order chi connectivity index (χ1) is 20.6. The molecule has 0 N–H and O–H groups in total. The fourth-order valence-electron chi connectivity index (χ4n) is 4.64. The highest BCUT2D eigenvalue weighted by Crippen LogP contribution is 2.36. The normalized spacial score (nSPS) is 11.2. The van der Waals surface area contributed by atoms with Crippen LogP contribution in [0.15, 0.2) is 80.5 Å². The van der Waals surface area contributed by atoms with Crippen LogP contribution in [-0.4, -0.2) is 61.1 Å². The largest absolute Gasteiger partial charge is 0.463 e. The van der Waals surface area contributed by atoms with Crippen molar-refractivity contribution in [1.82, 2.24) is 34.9 Å². The lowest BCUT2D eigenvalue weighted by atomic mass is 10.2. The van der Waals surface area contributed by atoms with Gasteiger partial charge in [0.2, 0.25) is 23.5 Å². The van der Waals surface area contributed by atoms with Crippen LogP contribution in [0, 0.1) is 0 Å². The van der Waals surface area contributed by atoms with E-state index in [-0.39, 0.29) is 0 Å². The SMILES string of the molecule is CCN(CC)c1nc(-c2cn(-c3cccc(-c4nc(-c5ccco5)c(-c5ccco5)o4)c3)nn2)nc(N(CC)CC)n1. The van der Waals surface area contributed by atoms with Gasteiger partial charge in [0.1, 0.15) is 0 Å². The maximum absolute atomic E-state index is 6.20. The Morgan fingerprint density at radius 3 is 2.02 bits per heavy atom. The van der Waals surface area contributed by atoms with Crippen molar-refractivity contribution < 1.29 is 13.3 Å². The molecule has 1 aromatic carbocycles. The van der Waals surface area contributed by atoms with Crippen molar-refractivity contribution in [2.24, 2.45) is 0 Å². The lowest BCUT2D eigenvalue weighted by molar-refractivity contribution is 0.527. The molecule has 0 aliphatic rings. The lowest BCUT2D eigenvalue weighted by Crippen LogP contribution is -2.28. The molecular formula is C30H31N9O3. The molecule has 0 radical (unpaired) electrons. The van der Waals surface area contributed by atoms with E-state index in [1.165, 1.54) is 0 Å². The van der Waals surface area contributed by atoms with Crippen LogP contribution < -0.4 is 9.80 Å². The van der Waals surface area contributed by atoms with Gasteiger partial charge in [-0.15, -0.1) is 5.10 Å². The minimum Gasteiger partial charge on any atom is -0.463 e. The van der Waals surface area contributed by atoms with E-state index in [9.17, 15) is 0 Å². The summed E-state index contributed by atoms with van der Waals surface area (Å²) in [5.41, 5.74) is 2.62. The monoisotopic (exact) mass is 565 g/mol. The molecular weight excluding hydrogens is 534 g/mol. The van der Waals surface area contributed by atoms with E-state index in [1.807, 2.05) is 42.6 Å². The van der Waals surface area contributed by atoms with Crippen LogP contribution in [0.4, 0.5) is 11.9 Å². The molecule has 5 heterocycles. The molecule has 214 valence electrons. The fraction of sp³-hybridized carbons (Fsp3) is 0.267. The molecule has 0 saturated carbocycles. The molecule has 0 bridgehead atoms. The van der Waals surface area contributed by atoms with Gasteiger partial charge >= 0.3 is 0 Å². The molecule has 0 saturated heterocycles. The molecule has 0 amide bonds. The first-order valence-corrected chi connectivity index (χ1v) is 14.0. The van der Waals surface area contributed by atoms with Gasteiger partial charge in [-0.3, -0.25) is 0 Å². The maximum atomic E-state index is 6.20. The van der Waals surface area contributed by atoms with E-state index in [1.54, 1.807) is 29.3 Å². The van der Waals surface area contributed by atoms with Crippen molar-refractivity contribution in [2.75, 3.05) is 36.0 Å². The summed E-state index contributed by atoms with van der Waals surface area (Å²) in [6, 6.07) is 15.0. The van der Waals surface area contributed by atoms with Gasteiger partial charge in [-0.1, -0.05) is 11.3 Å². The molecule has 12 nitrogen and oxygen atoms in total. The van der Waals surface area contributed by atoms with Crippen molar-refractivity contribution in [3.05, 3.63) is 67.3 Å². The van der Waals surface area contributed by atoms with Gasteiger partial charge in [0.15, 0.2) is 28.7 Å². The molecule has 12 heteroatoms. The maximum Gasteiger partial charge on any atom is 0.230 e. The topological polar surface area (TPSA) is 128 Å². The quantitative estimate of drug-likeness (QED) is 0.184. The zero-order valence-electron chi connectivity index (χ0n) is 23.9. The summed E-state index contributed by atoms with van der Waals surface area (Å²) < 4.78 is 19.1. The summed E-state index contributed by atoms with van der Waals surface area (Å²) in [5, 5.41) is 8.80. The number of anilines is 2. The molecule has 0 spiro atoms. The number of rotatable bonds is 11. The molecule has 0 aliphatic heterocycles. The molecule has 6 rings (SSSR count). The van der Waals surface area contributed by atoms with E-state index in [2.05, 4.69) is 47.8 Å². The lowest BCUT2D eigenvalue weighted by Gasteiger charge is -2.23. The highest BCUT2D eigenvalue weighted by atomic mass is 16.4. The molecule has 5 aromatic heterocycles. The standard InChI is InChI=1S/C30H31N9O3/c1-5-37(6-2)29-32-27(33-30(34-29)38(7-3)8-4)22-19-39(36-35-22)21-13-9-12-20(18-21)28-31-25(23-14-10-16-40-23)26(42-28)24-15-11-17-41-24/h9-19H,5-8H2,1-4H3. The number of hydrogen-bond acceptors (Lipinski definition) is 11. The molecule has 6 aromatic rings. The van der Waals surface area contributed by atoms with Crippen LogP contribution in [0.3, 0.4) is 0 Å². The highest BCUT2D eigenvalue weighted by molar-refractivity contribution is 5.74. The van der Waals surface area contributed by atoms with Crippen LogP contribution in [0.2, 0.25) is 0 Å². The van der Waals surface area contributed by atoms with Crippen LogP contribution >= 0.6 is 0 Å². The van der Waals surface area contributed by atoms with E-state index >= 15 is 0 Å². The fourth-order valence-corrected chi connectivity index (χ4v) is 4.64. The van der Waals surface area contributed by atoms with Gasteiger partial charge in [0.25, 0.3) is 0 Å². The Balaban J connectivity index is 1.36. The third kappa shape index (κ3) is 5.14. The number of nitrogens with zero attached hydrogens (tertiary/aromatic N) is 9. The van der Waals surface area contributed by atoms with Crippen molar-refractivity contribution in [3.63, 3.8) is 0 Å². The van der Waals surface area contributed by atoms with Crippen LogP contribution in [-0.2, 0) is 0 Å². The zero-order valence-corrected chi connectivity index (χ0v) is 23.9. The Kier molecular flexibility index (Phi) is 7.50. The van der Waals surface area contributed by atoms with Crippen molar-refractivity contribution >= 4 is 11.9 Å². The zero-order chi connectivity index (χ0) is 29.1. The summed E-state index contributed by atoms with van der Waals surface area (Å²) in [6.07, 6.45) is 5.00. The predicted molar refractivity (Wildman–Crippen MR) is 158 cm³/mol. The van der Waals surface area contributed by atoms with Crippen LogP contribution in [0.5, 0.6) is 0 Å². The second-order valence-electron chi connectivity index (χ2n) is 9.35. The Bertz CT molecular complexity index is 1670. The molecule has 0 aliphatic carbocycles. The second kappa shape index (κ2) is 11.7. The van der Waals surface area contributed by atoms with Gasteiger partial charge in [0, 0.05) is 31.7 Å². The Morgan fingerprint density at radius 1 is 0.738 bits per heavy atom.